The highest BCUT2D eigenvalue weighted by Gasteiger charge is 2.22. The topological polar surface area (TPSA) is 166 Å². The summed E-state index contributed by atoms with van der Waals surface area (Å²) in [6.45, 7) is 2.16. The number of aromatic nitrogens is 3. The summed E-state index contributed by atoms with van der Waals surface area (Å²) >= 11 is 1.13. The van der Waals surface area contributed by atoms with Gasteiger partial charge in [0.15, 0.2) is 0 Å². The Labute approximate surface area is 245 Å². The van der Waals surface area contributed by atoms with Crippen molar-refractivity contribution >= 4 is 43.8 Å². The molecule has 6 rings (SSSR count). The lowest BCUT2D eigenvalue weighted by Crippen LogP contribution is -2.45. The Morgan fingerprint density at radius 2 is 1.90 bits per heavy atom. The van der Waals surface area contributed by atoms with Crippen LogP contribution in [0.1, 0.15) is 12.8 Å². The van der Waals surface area contributed by atoms with Gasteiger partial charge in [-0.1, -0.05) is 11.2 Å². The van der Waals surface area contributed by atoms with E-state index >= 15 is 0 Å². The summed E-state index contributed by atoms with van der Waals surface area (Å²) < 4.78 is 39.2. The largest absolute Gasteiger partial charge is 0.489 e. The number of H-pyrrole nitrogens is 2. The van der Waals surface area contributed by atoms with Gasteiger partial charge in [0.2, 0.25) is 0 Å². The third kappa shape index (κ3) is 6.36. The Morgan fingerprint density at radius 1 is 1.10 bits per heavy atom. The minimum Gasteiger partial charge on any atom is -0.489 e. The maximum Gasteiger partial charge on any atom is 0.323 e. The summed E-state index contributed by atoms with van der Waals surface area (Å²) in [5, 5.41) is 17.7. The van der Waals surface area contributed by atoms with E-state index in [0.29, 0.717) is 39.6 Å². The molecular weight excluding hydrogens is 580 g/mol. The van der Waals surface area contributed by atoms with Crippen LogP contribution in [-0.2, 0) is 10.0 Å². The molecule has 1 aliphatic rings. The van der Waals surface area contributed by atoms with E-state index in [0.717, 1.165) is 43.0 Å². The van der Waals surface area contributed by atoms with Crippen LogP contribution in [0.3, 0.4) is 0 Å². The standard InChI is InChI=1S/C28H30N6O6S2/c35-21(17-39-24-3-1-2-23-27(24)31-28(36)30-23)16-29-18-10-13-34(14-11-18)20-6-4-19(5-7-20)33-42(37,38)26-9-8-25(41-26)22-12-15-40-32-22/h1-9,12,15,18,21,29,33,35H,10-11,13-14,16-17H2,(H2,30,31,36)/t21-/m0/s1. The number of aromatic amines is 2. The van der Waals surface area contributed by atoms with Crippen molar-refractivity contribution in [2.24, 2.45) is 0 Å². The molecule has 14 heteroatoms. The summed E-state index contributed by atoms with van der Waals surface area (Å²) in [7, 11) is -3.73. The molecule has 5 aromatic rings. The van der Waals surface area contributed by atoms with E-state index in [-0.39, 0.29) is 22.5 Å². The monoisotopic (exact) mass is 610 g/mol. The number of anilines is 2. The summed E-state index contributed by atoms with van der Waals surface area (Å²) in [6.07, 6.45) is 2.54. The molecule has 220 valence electrons. The molecule has 0 radical (unpaired) electrons. The fraction of sp³-hybridized carbons (Fsp3) is 0.286. The molecule has 1 saturated heterocycles. The van der Waals surface area contributed by atoms with Crippen LogP contribution in [0.2, 0.25) is 0 Å². The number of hydrogen-bond donors (Lipinski definition) is 5. The molecule has 0 amide bonds. The fourth-order valence-corrected chi connectivity index (χ4v) is 7.25. The lowest BCUT2D eigenvalue weighted by atomic mass is 10.0. The van der Waals surface area contributed by atoms with Crippen LogP contribution in [0.5, 0.6) is 5.75 Å². The number of rotatable bonds is 11. The molecule has 0 saturated carbocycles. The van der Waals surface area contributed by atoms with Crippen LogP contribution in [-0.4, -0.2) is 67.0 Å². The van der Waals surface area contributed by atoms with Gasteiger partial charge in [-0.2, -0.15) is 0 Å². The van der Waals surface area contributed by atoms with Crippen molar-refractivity contribution in [3.05, 3.63) is 77.4 Å². The summed E-state index contributed by atoms with van der Waals surface area (Å²) in [5.41, 5.74) is 3.04. The number of aliphatic hydroxyl groups is 1. The molecule has 2 aromatic carbocycles. The predicted molar refractivity (Wildman–Crippen MR) is 161 cm³/mol. The minimum absolute atomic E-state index is 0.101. The van der Waals surface area contributed by atoms with E-state index in [4.69, 9.17) is 9.26 Å². The van der Waals surface area contributed by atoms with Gasteiger partial charge in [-0.3, -0.25) is 4.72 Å². The number of nitrogens with zero attached hydrogens (tertiary/aromatic N) is 2. The normalized spacial score (nSPS) is 15.2. The number of fused-ring (bicyclic) bond motifs is 1. The van der Waals surface area contributed by atoms with E-state index in [2.05, 4.69) is 30.1 Å². The Hall–Kier alpha value is -4.11. The van der Waals surface area contributed by atoms with Crippen LogP contribution in [0.4, 0.5) is 11.4 Å². The number of imidazole rings is 1. The first-order valence-electron chi connectivity index (χ1n) is 13.5. The predicted octanol–water partition coefficient (Wildman–Crippen LogP) is 3.37. The number of aliphatic hydroxyl groups excluding tert-OH is 1. The van der Waals surface area contributed by atoms with Crippen LogP contribution in [0.15, 0.2) is 80.5 Å². The average molecular weight is 611 g/mol. The van der Waals surface area contributed by atoms with Crippen LogP contribution >= 0.6 is 11.3 Å². The highest BCUT2D eigenvalue weighted by atomic mass is 32.2. The van der Waals surface area contributed by atoms with E-state index in [1.807, 2.05) is 12.1 Å². The fourth-order valence-electron chi connectivity index (χ4n) is 4.93. The Bertz CT molecular complexity index is 1790. The summed E-state index contributed by atoms with van der Waals surface area (Å²) in [4.78, 5) is 19.9. The maximum absolute atomic E-state index is 12.9. The Balaban J connectivity index is 0.954. The highest BCUT2D eigenvalue weighted by Crippen LogP contribution is 2.31. The minimum atomic E-state index is -3.73. The second kappa shape index (κ2) is 12.0. The zero-order valence-corrected chi connectivity index (χ0v) is 24.1. The first-order chi connectivity index (χ1) is 20.3. The van der Waals surface area contributed by atoms with E-state index in [9.17, 15) is 18.3 Å². The van der Waals surface area contributed by atoms with Crippen molar-refractivity contribution in [1.82, 2.24) is 20.4 Å². The molecule has 4 heterocycles. The smallest absolute Gasteiger partial charge is 0.323 e. The SMILES string of the molecule is O=c1[nH]c2cccc(OC[C@@H](O)CNC3CCN(c4ccc(NS(=O)(=O)c5ccc(-c6ccon6)s5)cc4)CC3)c2[nH]1. The number of sulfonamides is 1. The zero-order chi connectivity index (χ0) is 29.1. The quantitative estimate of drug-likeness (QED) is 0.151. The average Bonchev–Trinajstić information content (AvgIpc) is 3.76. The van der Waals surface area contributed by atoms with Crippen molar-refractivity contribution in [1.29, 1.82) is 0 Å². The highest BCUT2D eigenvalue weighted by molar-refractivity contribution is 7.94. The number of benzene rings is 2. The number of piperidine rings is 1. The van der Waals surface area contributed by atoms with E-state index in [1.165, 1.54) is 6.26 Å². The van der Waals surface area contributed by atoms with Crippen LogP contribution in [0.25, 0.3) is 21.6 Å². The second-order valence-corrected chi connectivity index (χ2v) is 13.0. The van der Waals surface area contributed by atoms with Gasteiger partial charge < -0.3 is 34.6 Å². The Morgan fingerprint density at radius 3 is 2.67 bits per heavy atom. The first-order valence-corrected chi connectivity index (χ1v) is 15.8. The van der Waals surface area contributed by atoms with E-state index < -0.39 is 16.1 Å². The molecular formula is C28H30N6O6S2. The van der Waals surface area contributed by atoms with Crippen molar-refractivity contribution in [3.63, 3.8) is 0 Å². The van der Waals surface area contributed by atoms with Crippen molar-refractivity contribution in [3.8, 4) is 16.3 Å². The number of hydrogen-bond acceptors (Lipinski definition) is 10. The molecule has 3 aromatic heterocycles. The molecule has 12 nitrogen and oxygen atoms in total. The van der Waals surface area contributed by atoms with Gasteiger partial charge in [0.1, 0.15) is 40.1 Å². The van der Waals surface area contributed by atoms with Gasteiger partial charge in [-0.05, 0) is 61.4 Å². The molecule has 5 N–H and O–H groups in total. The molecule has 0 bridgehead atoms. The van der Waals surface area contributed by atoms with E-state index in [1.54, 1.807) is 48.5 Å². The van der Waals surface area contributed by atoms with Crippen molar-refractivity contribution in [2.45, 2.75) is 29.2 Å². The van der Waals surface area contributed by atoms with Gasteiger partial charge in [0, 0.05) is 43.1 Å². The van der Waals surface area contributed by atoms with Gasteiger partial charge in [-0.15, -0.1) is 11.3 Å². The molecule has 1 aliphatic heterocycles. The number of thiophene rings is 1. The van der Waals surface area contributed by atoms with Crippen LogP contribution in [0, 0.1) is 0 Å². The second-order valence-electron chi connectivity index (χ2n) is 10.0. The first kappa shape index (κ1) is 28.0. The zero-order valence-electron chi connectivity index (χ0n) is 22.4. The number of para-hydroxylation sites is 1. The summed E-state index contributed by atoms with van der Waals surface area (Å²) in [5.74, 6) is 0.514. The number of nitrogens with one attached hydrogen (secondary N) is 4. The van der Waals surface area contributed by atoms with Crippen molar-refractivity contribution < 1.29 is 22.8 Å². The molecule has 0 unspecified atom stereocenters. The molecule has 1 fully saturated rings. The van der Waals surface area contributed by atoms with Gasteiger partial charge in [-0.25, -0.2) is 13.2 Å². The van der Waals surface area contributed by atoms with Gasteiger partial charge in [0.05, 0.1) is 10.4 Å². The maximum atomic E-state index is 12.9. The molecule has 42 heavy (non-hydrogen) atoms. The van der Waals surface area contributed by atoms with Crippen molar-refractivity contribution in [2.75, 3.05) is 35.9 Å². The van der Waals surface area contributed by atoms with Crippen LogP contribution < -0.4 is 25.4 Å². The third-order valence-electron chi connectivity index (χ3n) is 7.10. The molecule has 0 aliphatic carbocycles. The number of ether oxygens (including phenoxy) is 1. The molecule has 0 spiro atoms. The molecule has 1 atom stereocenters. The lowest BCUT2D eigenvalue weighted by Gasteiger charge is -2.34. The Kier molecular flexibility index (Phi) is 8.02. The third-order valence-corrected chi connectivity index (χ3v) is 10.1. The van der Waals surface area contributed by atoms with Gasteiger partial charge >= 0.3 is 5.69 Å². The lowest BCUT2D eigenvalue weighted by molar-refractivity contribution is 0.103. The van der Waals surface area contributed by atoms with Gasteiger partial charge in [0.25, 0.3) is 10.0 Å². The summed E-state index contributed by atoms with van der Waals surface area (Å²) in [6, 6.07) is 17.9.